The minimum absolute atomic E-state index is 0.257. The molecular weight excluding hydrogens is 256 g/mol. The van der Waals surface area contributed by atoms with Crippen LogP contribution in [0.1, 0.15) is 6.92 Å². The zero-order valence-electron chi connectivity index (χ0n) is 10.8. The van der Waals surface area contributed by atoms with Gasteiger partial charge in [-0.1, -0.05) is 0 Å². The van der Waals surface area contributed by atoms with Crippen molar-refractivity contribution >= 4 is 28.5 Å². The van der Waals surface area contributed by atoms with Gasteiger partial charge < -0.3 is 5.32 Å². The number of amides is 2. The van der Waals surface area contributed by atoms with E-state index in [1.54, 1.807) is 12.4 Å². The maximum atomic E-state index is 11.6. The van der Waals surface area contributed by atoms with Crippen molar-refractivity contribution < 1.29 is 9.59 Å². The van der Waals surface area contributed by atoms with Crippen LogP contribution < -0.4 is 5.32 Å². The zero-order valence-corrected chi connectivity index (χ0v) is 10.8. The maximum absolute atomic E-state index is 11.6. The van der Waals surface area contributed by atoms with Crippen LogP contribution in [0.15, 0.2) is 42.4 Å². The van der Waals surface area contributed by atoms with Crippen molar-refractivity contribution in [2.75, 3.05) is 11.9 Å². The fourth-order valence-electron chi connectivity index (χ4n) is 2.09. The quantitative estimate of drug-likeness (QED) is 0.889. The summed E-state index contributed by atoms with van der Waals surface area (Å²) in [5, 5.41) is 3.13. The van der Waals surface area contributed by atoms with Crippen LogP contribution in [0.2, 0.25) is 0 Å². The standard InChI is InChI=1S/C14H12N4O2/c1-9(19)18-8-11(7-14(18)20)17-10-2-3-12-13(6-10)16-5-4-15-12/h2-7,17H,8H2,1H3. The number of fused-ring (bicyclic) bond motifs is 1. The molecule has 0 saturated heterocycles. The summed E-state index contributed by atoms with van der Waals surface area (Å²) in [6.07, 6.45) is 4.70. The molecule has 6 nitrogen and oxygen atoms in total. The first-order valence-electron chi connectivity index (χ1n) is 6.14. The minimum Gasteiger partial charge on any atom is -0.357 e. The van der Waals surface area contributed by atoms with Gasteiger partial charge in [-0.05, 0) is 18.2 Å². The van der Waals surface area contributed by atoms with E-state index in [1.165, 1.54) is 17.9 Å². The third kappa shape index (κ3) is 2.23. The average molecular weight is 268 g/mol. The maximum Gasteiger partial charge on any atom is 0.255 e. The molecule has 1 aliphatic rings. The Morgan fingerprint density at radius 3 is 2.70 bits per heavy atom. The van der Waals surface area contributed by atoms with Gasteiger partial charge in [-0.15, -0.1) is 0 Å². The number of aromatic nitrogens is 2. The number of anilines is 1. The van der Waals surface area contributed by atoms with Gasteiger partial charge in [0.15, 0.2) is 0 Å². The van der Waals surface area contributed by atoms with Crippen LogP contribution in [0.3, 0.4) is 0 Å². The lowest BCUT2D eigenvalue weighted by atomic mass is 10.2. The molecule has 0 saturated carbocycles. The van der Waals surface area contributed by atoms with E-state index in [0.717, 1.165) is 16.7 Å². The molecule has 0 fully saturated rings. The fourth-order valence-corrected chi connectivity index (χ4v) is 2.09. The predicted octanol–water partition coefficient (Wildman–Crippen LogP) is 1.31. The van der Waals surface area contributed by atoms with Crippen LogP contribution in [0.4, 0.5) is 5.69 Å². The Bertz CT molecular complexity index is 739. The Hall–Kier alpha value is -2.76. The van der Waals surface area contributed by atoms with Gasteiger partial charge in [-0.2, -0.15) is 0 Å². The smallest absolute Gasteiger partial charge is 0.255 e. The molecule has 0 unspecified atom stereocenters. The number of carbonyl (C=O) groups is 2. The highest BCUT2D eigenvalue weighted by Gasteiger charge is 2.24. The van der Waals surface area contributed by atoms with Gasteiger partial charge in [0.05, 0.1) is 17.6 Å². The lowest BCUT2D eigenvalue weighted by Crippen LogP contribution is -2.31. The van der Waals surface area contributed by atoms with Crippen LogP contribution in [-0.2, 0) is 9.59 Å². The van der Waals surface area contributed by atoms with Gasteiger partial charge in [-0.3, -0.25) is 24.5 Å². The van der Waals surface area contributed by atoms with Gasteiger partial charge in [0.25, 0.3) is 5.91 Å². The second kappa shape index (κ2) is 4.73. The number of carbonyl (C=O) groups excluding carboxylic acids is 2. The Balaban J connectivity index is 1.82. The normalized spacial score (nSPS) is 14.6. The van der Waals surface area contributed by atoms with Gasteiger partial charge in [0.2, 0.25) is 5.91 Å². The first kappa shape index (κ1) is 12.3. The molecule has 100 valence electrons. The number of imide groups is 1. The molecule has 2 amide bonds. The van der Waals surface area contributed by atoms with E-state index in [4.69, 9.17) is 0 Å². The predicted molar refractivity (Wildman–Crippen MR) is 73.6 cm³/mol. The molecule has 3 rings (SSSR count). The lowest BCUT2D eigenvalue weighted by molar-refractivity contribution is -0.138. The largest absolute Gasteiger partial charge is 0.357 e. The summed E-state index contributed by atoms with van der Waals surface area (Å²) in [6.45, 7) is 1.65. The molecule has 2 aromatic rings. The second-order valence-corrected chi connectivity index (χ2v) is 4.50. The lowest BCUT2D eigenvalue weighted by Gasteiger charge is -2.12. The summed E-state index contributed by atoms with van der Waals surface area (Å²) in [4.78, 5) is 32.4. The Morgan fingerprint density at radius 2 is 2.00 bits per heavy atom. The first-order valence-corrected chi connectivity index (χ1v) is 6.14. The summed E-state index contributed by atoms with van der Waals surface area (Å²) in [6, 6.07) is 5.56. The third-order valence-electron chi connectivity index (χ3n) is 3.05. The fraction of sp³-hybridized carbons (Fsp3) is 0.143. The van der Waals surface area contributed by atoms with Crippen molar-refractivity contribution in [2.45, 2.75) is 6.92 Å². The molecular formula is C14H12N4O2. The minimum atomic E-state index is -0.291. The van der Waals surface area contributed by atoms with E-state index >= 15 is 0 Å². The molecule has 2 heterocycles. The monoisotopic (exact) mass is 268 g/mol. The second-order valence-electron chi connectivity index (χ2n) is 4.50. The van der Waals surface area contributed by atoms with Crippen molar-refractivity contribution in [2.24, 2.45) is 0 Å². The number of hydrogen-bond acceptors (Lipinski definition) is 5. The average Bonchev–Trinajstić information content (AvgIpc) is 2.79. The SMILES string of the molecule is CC(=O)N1CC(Nc2ccc3nccnc3c2)=CC1=O. The Morgan fingerprint density at radius 1 is 1.25 bits per heavy atom. The van der Waals surface area contributed by atoms with Crippen LogP contribution in [-0.4, -0.2) is 33.2 Å². The van der Waals surface area contributed by atoms with Crippen LogP contribution in [0, 0.1) is 0 Å². The zero-order chi connectivity index (χ0) is 14.1. The van der Waals surface area contributed by atoms with Crippen molar-refractivity contribution in [3.05, 3.63) is 42.4 Å². The molecule has 1 aromatic carbocycles. The molecule has 20 heavy (non-hydrogen) atoms. The van der Waals surface area contributed by atoms with Gasteiger partial charge in [0, 0.05) is 36.8 Å². The van der Waals surface area contributed by atoms with E-state index < -0.39 is 0 Å². The molecule has 1 aromatic heterocycles. The number of hydrogen-bond donors (Lipinski definition) is 1. The molecule has 6 heteroatoms. The summed E-state index contributed by atoms with van der Waals surface area (Å²) < 4.78 is 0. The van der Waals surface area contributed by atoms with Crippen LogP contribution >= 0.6 is 0 Å². The highest BCUT2D eigenvalue weighted by atomic mass is 16.2. The first-order chi connectivity index (χ1) is 9.63. The summed E-state index contributed by atoms with van der Waals surface area (Å²) in [5.74, 6) is -0.548. The van der Waals surface area contributed by atoms with E-state index in [9.17, 15) is 9.59 Å². The number of nitrogens with one attached hydrogen (secondary N) is 1. The van der Waals surface area contributed by atoms with Gasteiger partial charge in [0.1, 0.15) is 0 Å². The molecule has 1 N–H and O–H groups in total. The van der Waals surface area contributed by atoms with Crippen molar-refractivity contribution in [3.63, 3.8) is 0 Å². The molecule has 1 aliphatic heterocycles. The molecule has 0 atom stereocenters. The third-order valence-corrected chi connectivity index (χ3v) is 3.05. The van der Waals surface area contributed by atoms with E-state index in [1.807, 2.05) is 18.2 Å². The molecule has 0 aliphatic carbocycles. The molecule has 0 spiro atoms. The highest BCUT2D eigenvalue weighted by Crippen LogP contribution is 2.19. The number of nitrogens with zero attached hydrogens (tertiary/aromatic N) is 3. The highest BCUT2D eigenvalue weighted by molar-refractivity contribution is 6.03. The number of benzene rings is 1. The van der Waals surface area contributed by atoms with Crippen LogP contribution in [0.25, 0.3) is 11.0 Å². The molecule has 0 bridgehead atoms. The van der Waals surface area contributed by atoms with Crippen LogP contribution in [0.5, 0.6) is 0 Å². The summed E-state index contributed by atoms with van der Waals surface area (Å²) >= 11 is 0. The van der Waals surface area contributed by atoms with Crippen molar-refractivity contribution in [1.82, 2.24) is 14.9 Å². The topological polar surface area (TPSA) is 75.2 Å². The van der Waals surface area contributed by atoms with E-state index in [2.05, 4.69) is 15.3 Å². The Labute approximate surface area is 115 Å². The summed E-state index contributed by atoms with van der Waals surface area (Å²) in [7, 11) is 0. The van der Waals surface area contributed by atoms with E-state index in [-0.39, 0.29) is 18.4 Å². The van der Waals surface area contributed by atoms with Crippen molar-refractivity contribution in [1.29, 1.82) is 0 Å². The Kier molecular flexibility index (Phi) is 2.90. The van der Waals surface area contributed by atoms with Gasteiger partial charge >= 0.3 is 0 Å². The summed E-state index contributed by atoms with van der Waals surface area (Å²) in [5.41, 5.74) is 3.07. The van der Waals surface area contributed by atoms with Crippen molar-refractivity contribution in [3.8, 4) is 0 Å². The molecule has 0 radical (unpaired) electrons. The van der Waals surface area contributed by atoms with Gasteiger partial charge in [-0.25, -0.2) is 0 Å². The van der Waals surface area contributed by atoms with E-state index in [0.29, 0.717) is 5.70 Å². The number of rotatable bonds is 2.